The Morgan fingerprint density at radius 2 is 1.67 bits per heavy atom. The molecule has 8 nitrogen and oxygen atoms in total. The summed E-state index contributed by atoms with van der Waals surface area (Å²) in [5.74, 6) is 0.182. The van der Waals surface area contributed by atoms with E-state index in [4.69, 9.17) is 4.74 Å². The zero-order chi connectivity index (χ0) is 23.8. The van der Waals surface area contributed by atoms with Gasteiger partial charge in [0, 0.05) is 24.8 Å². The Kier molecular flexibility index (Phi) is 8.46. The van der Waals surface area contributed by atoms with Crippen LogP contribution >= 0.6 is 0 Å². The van der Waals surface area contributed by atoms with Crippen LogP contribution in [0.3, 0.4) is 0 Å². The van der Waals surface area contributed by atoms with Crippen LogP contribution in [0.4, 0.5) is 5.69 Å². The minimum atomic E-state index is -3.59. The number of anilines is 1. The number of ether oxygens (including phenoxy) is 1. The molecule has 0 spiro atoms. The summed E-state index contributed by atoms with van der Waals surface area (Å²) in [5.41, 5.74) is 1.51. The van der Waals surface area contributed by atoms with Gasteiger partial charge in [-0.2, -0.15) is 0 Å². The van der Waals surface area contributed by atoms with Crippen molar-refractivity contribution in [1.82, 2.24) is 9.62 Å². The first-order valence-electron chi connectivity index (χ1n) is 11.2. The molecule has 1 heterocycles. The Morgan fingerprint density at radius 3 is 2.27 bits per heavy atom. The van der Waals surface area contributed by atoms with Crippen molar-refractivity contribution in [2.45, 2.75) is 50.5 Å². The van der Waals surface area contributed by atoms with E-state index in [2.05, 4.69) is 10.0 Å². The SMILES string of the molecule is CC[C@H](C)NS(=O)(=O)c1ccc(OCC(=O)Nc2ccc(CC(=O)N3CCCC3)cc2)cc1. The highest BCUT2D eigenvalue weighted by Gasteiger charge is 2.18. The summed E-state index contributed by atoms with van der Waals surface area (Å²) in [7, 11) is -3.59. The maximum absolute atomic E-state index is 12.3. The van der Waals surface area contributed by atoms with Crippen molar-refractivity contribution >= 4 is 27.5 Å². The van der Waals surface area contributed by atoms with Gasteiger partial charge in [-0.05, 0) is 68.1 Å². The van der Waals surface area contributed by atoms with Gasteiger partial charge < -0.3 is 15.0 Å². The second-order valence-corrected chi connectivity index (χ2v) is 9.91. The lowest BCUT2D eigenvalue weighted by Gasteiger charge is -2.15. The highest BCUT2D eigenvalue weighted by atomic mass is 32.2. The van der Waals surface area contributed by atoms with E-state index in [1.807, 2.05) is 24.0 Å². The van der Waals surface area contributed by atoms with E-state index in [9.17, 15) is 18.0 Å². The predicted molar refractivity (Wildman–Crippen MR) is 127 cm³/mol. The van der Waals surface area contributed by atoms with Crippen LogP contribution in [0.2, 0.25) is 0 Å². The fourth-order valence-electron chi connectivity index (χ4n) is 3.44. The van der Waals surface area contributed by atoms with Crippen molar-refractivity contribution in [2.24, 2.45) is 0 Å². The molecule has 0 saturated carbocycles. The molecule has 0 aromatic heterocycles. The van der Waals surface area contributed by atoms with E-state index in [1.165, 1.54) is 24.3 Å². The van der Waals surface area contributed by atoms with Gasteiger partial charge in [-0.15, -0.1) is 0 Å². The van der Waals surface area contributed by atoms with Crippen LogP contribution in [0.1, 0.15) is 38.7 Å². The van der Waals surface area contributed by atoms with E-state index >= 15 is 0 Å². The number of likely N-dealkylation sites (tertiary alicyclic amines) is 1. The van der Waals surface area contributed by atoms with Crippen LogP contribution in [-0.4, -0.2) is 50.9 Å². The zero-order valence-corrected chi connectivity index (χ0v) is 19.9. The van der Waals surface area contributed by atoms with E-state index in [-0.39, 0.29) is 29.4 Å². The Labute approximate surface area is 195 Å². The molecule has 3 rings (SSSR count). The summed E-state index contributed by atoms with van der Waals surface area (Å²) in [6, 6.07) is 12.9. The molecule has 1 saturated heterocycles. The third-order valence-corrected chi connectivity index (χ3v) is 7.13. The maximum atomic E-state index is 12.3. The molecule has 33 heavy (non-hydrogen) atoms. The highest BCUT2D eigenvalue weighted by Crippen LogP contribution is 2.17. The first-order chi connectivity index (χ1) is 15.8. The Balaban J connectivity index is 1.46. The Bertz CT molecular complexity index is 1050. The third kappa shape index (κ3) is 7.30. The summed E-state index contributed by atoms with van der Waals surface area (Å²) < 4.78 is 32.6. The highest BCUT2D eigenvalue weighted by molar-refractivity contribution is 7.89. The molecule has 9 heteroatoms. The lowest BCUT2D eigenvalue weighted by Crippen LogP contribution is -2.31. The van der Waals surface area contributed by atoms with E-state index in [1.54, 1.807) is 19.1 Å². The van der Waals surface area contributed by atoms with Gasteiger partial charge in [0.15, 0.2) is 6.61 Å². The van der Waals surface area contributed by atoms with Crippen molar-refractivity contribution in [3.05, 3.63) is 54.1 Å². The van der Waals surface area contributed by atoms with Gasteiger partial charge in [0.2, 0.25) is 15.9 Å². The molecule has 0 unspecified atom stereocenters. The number of carbonyl (C=O) groups excluding carboxylic acids is 2. The van der Waals surface area contributed by atoms with Crippen LogP contribution in [0.5, 0.6) is 5.75 Å². The predicted octanol–water partition coefficient (Wildman–Crippen LogP) is 2.95. The molecule has 2 amide bonds. The number of sulfonamides is 1. The molecule has 178 valence electrons. The molecule has 0 aliphatic carbocycles. The first-order valence-corrected chi connectivity index (χ1v) is 12.7. The van der Waals surface area contributed by atoms with Crippen LogP contribution in [0.15, 0.2) is 53.4 Å². The molecule has 2 aromatic carbocycles. The van der Waals surface area contributed by atoms with Crippen molar-refractivity contribution in [2.75, 3.05) is 25.0 Å². The van der Waals surface area contributed by atoms with Gasteiger partial charge in [-0.3, -0.25) is 9.59 Å². The minimum absolute atomic E-state index is 0.132. The lowest BCUT2D eigenvalue weighted by atomic mass is 10.1. The zero-order valence-electron chi connectivity index (χ0n) is 19.0. The van der Waals surface area contributed by atoms with Crippen molar-refractivity contribution in [3.63, 3.8) is 0 Å². The van der Waals surface area contributed by atoms with Crippen LogP contribution in [-0.2, 0) is 26.0 Å². The largest absolute Gasteiger partial charge is 0.484 e. The summed E-state index contributed by atoms with van der Waals surface area (Å²) in [5, 5.41) is 2.75. The fourth-order valence-corrected chi connectivity index (χ4v) is 4.76. The molecular weight excluding hydrogens is 442 g/mol. The van der Waals surface area contributed by atoms with Crippen molar-refractivity contribution in [3.8, 4) is 5.75 Å². The maximum Gasteiger partial charge on any atom is 0.262 e. The van der Waals surface area contributed by atoms with Gasteiger partial charge in [-0.25, -0.2) is 13.1 Å². The molecule has 1 fully saturated rings. The molecular formula is C24H31N3O5S. The number of nitrogens with one attached hydrogen (secondary N) is 2. The second kappa shape index (κ2) is 11.3. The summed E-state index contributed by atoms with van der Waals surface area (Å²) in [6.45, 7) is 5.16. The van der Waals surface area contributed by atoms with E-state index in [0.29, 0.717) is 24.3 Å². The van der Waals surface area contributed by atoms with E-state index in [0.717, 1.165) is 31.5 Å². The smallest absolute Gasteiger partial charge is 0.262 e. The molecule has 1 aliphatic rings. The van der Waals surface area contributed by atoms with Crippen LogP contribution < -0.4 is 14.8 Å². The second-order valence-electron chi connectivity index (χ2n) is 8.20. The van der Waals surface area contributed by atoms with Gasteiger partial charge in [0.1, 0.15) is 5.75 Å². The number of carbonyl (C=O) groups is 2. The molecule has 1 atom stereocenters. The molecule has 0 bridgehead atoms. The van der Waals surface area contributed by atoms with Gasteiger partial charge >= 0.3 is 0 Å². The number of nitrogens with zero attached hydrogens (tertiary/aromatic N) is 1. The van der Waals surface area contributed by atoms with E-state index < -0.39 is 10.0 Å². The van der Waals surface area contributed by atoms with Crippen LogP contribution in [0.25, 0.3) is 0 Å². The quantitative estimate of drug-likeness (QED) is 0.552. The first kappa shape index (κ1) is 24.7. The van der Waals surface area contributed by atoms with Crippen LogP contribution in [0, 0.1) is 0 Å². The number of benzene rings is 2. The van der Waals surface area contributed by atoms with Crippen molar-refractivity contribution < 1.29 is 22.7 Å². The average molecular weight is 474 g/mol. The Morgan fingerprint density at radius 1 is 1.03 bits per heavy atom. The summed E-state index contributed by atoms with van der Waals surface area (Å²) in [4.78, 5) is 26.5. The fraction of sp³-hybridized carbons (Fsp3) is 0.417. The third-order valence-electron chi connectivity index (χ3n) is 5.52. The van der Waals surface area contributed by atoms with Gasteiger partial charge in [0.25, 0.3) is 5.91 Å². The topological polar surface area (TPSA) is 105 Å². The van der Waals surface area contributed by atoms with Gasteiger partial charge in [0.05, 0.1) is 11.3 Å². The minimum Gasteiger partial charge on any atom is -0.484 e. The molecule has 1 aliphatic heterocycles. The number of rotatable bonds is 10. The number of amides is 2. The molecule has 2 aromatic rings. The number of hydrogen-bond donors (Lipinski definition) is 2. The normalized spacial score (nSPS) is 14.7. The lowest BCUT2D eigenvalue weighted by molar-refractivity contribution is -0.129. The standard InChI is InChI=1S/C24H31N3O5S/c1-3-18(2)26-33(30,31)22-12-10-21(11-13-22)32-17-23(28)25-20-8-6-19(7-9-20)16-24(29)27-14-4-5-15-27/h6-13,18,26H,3-5,14-17H2,1-2H3,(H,25,28)/t18-/m0/s1. The monoisotopic (exact) mass is 473 g/mol. The Hall–Kier alpha value is -2.91. The molecule has 2 N–H and O–H groups in total. The van der Waals surface area contributed by atoms with Crippen molar-refractivity contribution in [1.29, 1.82) is 0 Å². The number of hydrogen-bond acceptors (Lipinski definition) is 5. The van der Waals surface area contributed by atoms with Gasteiger partial charge in [-0.1, -0.05) is 19.1 Å². The summed E-state index contributed by atoms with van der Waals surface area (Å²) in [6.07, 6.45) is 3.18. The average Bonchev–Trinajstić information content (AvgIpc) is 3.34. The molecule has 0 radical (unpaired) electrons. The summed E-state index contributed by atoms with van der Waals surface area (Å²) >= 11 is 0.